The van der Waals surface area contributed by atoms with Crippen molar-refractivity contribution in [1.29, 1.82) is 0 Å². The Kier molecular flexibility index (Phi) is 4.55. The predicted octanol–water partition coefficient (Wildman–Crippen LogP) is 2.38. The maximum absolute atomic E-state index is 13.1. The summed E-state index contributed by atoms with van der Waals surface area (Å²) in [4.78, 5) is 22.2. The number of carbonyl (C=O) groups is 2. The Bertz CT molecular complexity index is 494. The molecule has 18 heavy (non-hydrogen) atoms. The summed E-state index contributed by atoms with van der Waals surface area (Å²) < 4.78 is 38.5. The SMILES string of the molecule is CC(Cl)C(=O)NC(=O)Nc1cc(F)c(F)cc1F. The zero-order valence-corrected chi connectivity index (χ0v) is 9.82. The molecule has 8 heteroatoms. The minimum atomic E-state index is -1.39. The van der Waals surface area contributed by atoms with Crippen molar-refractivity contribution in [3.63, 3.8) is 0 Å². The minimum Gasteiger partial charge on any atom is -0.305 e. The van der Waals surface area contributed by atoms with E-state index in [1.165, 1.54) is 6.92 Å². The maximum atomic E-state index is 13.1. The number of imide groups is 1. The van der Waals surface area contributed by atoms with Gasteiger partial charge in [0.2, 0.25) is 5.91 Å². The van der Waals surface area contributed by atoms with Crippen molar-refractivity contribution in [3.05, 3.63) is 29.6 Å². The number of hydrogen-bond donors (Lipinski definition) is 2. The molecule has 0 radical (unpaired) electrons. The molecular weight excluding hydrogens is 273 g/mol. The van der Waals surface area contributed by atoms with Gasteiger partial charge in [0.05, 0.1) is 5.69 Å². The third-order valence-electron chi connectivity index (χ3n) is 1.86. The highest BCUT2D eigenvalue weighted by atomic mass is 35.5. The number of alkyl halides is 1. The molecule has 2 N–H and O–H groups in total. The van der Waals surface area contributed by atoms with Gasteiger partial charge in [-0.1, -0.05) is 0 Å². The lowest BCUT2D eigenvalue weighted by Gasteiger charge is -2.08. The summed E-state index contributed by atoms with van der Waals surface area (Å²) in [6.45, 7) is 1.32. The average Bonchev–Trinajstić information content (AvgIpc) is 2.25. The first kappa shape index (κ1) is 14.3. The Hall–Kier alpha value is -1.76. The summed E-state index contributed by atoms with van der Waals surface area (Å²) in [5.41, 5.74) is -0.596. The van der Waals surface area contributed by atoms with Crippen molar-refractivity contribution >= 4 is 29.2 Å². The van der Waals surface area contributed by atoms with E-state index < -0.39 is 40.5 Å². The van der Waals surface area contributed by atoms with Crippen LogP contribution in [0.1, 0.15) is 6.92 Å². The molecule has 0 aliphatic heterocycles. The van der Waals surface area contributed by atoms with Crippen LogP contribution in [0.4, 0.5) is 23.7 Å². The van der Waals surface area contributed by atoms with Crippen LogP contribution in [0.2, 0.25) is 0 Å². The van der Waals surface area contributed by atoms with Gasteiger partial charge in [-0.2, -0.15) is 0 Å². The number of anilines is 1. The van der Waals surface area contributed by atoms with Crippen molar-refractivity contribution in [2.24, 2.45) is 0 Å². The van der Waals surface area contributed by atoms with Crippen LogP contribution in [0.25, 0.3) is 0 Å². The van der Waals surface area contributed by atoms with Gasteiger partial charge in [-0.05, 0) is 6.92 Å². The first-order valence-electron chi connectivity index (χ1n) is 4.71. The van der Waals surface area contributed by atoms with Crippen LogP contribution in [-0.4, -0.2) is 17.3 Å². The van der Waals surface area contributed by atoms with E-state index in [-0.39, 0.29) is 6.07 Å². The van der Waals surface area contributed by atoms with Crippen LogP contribution in [0.3, 0.4) is 0 Å². The fourth-order valence-electron chi connectivity index (χ4n) is 0.983. The smallest absolute Gasteiger partial charge is 0.305 e. The second-order valence-corrected chi connectivity index (χ2v) is 3.96. The Balaban J connectivity index is 2.76. The molecule has 0 aliphatic carbocycles. The zero-order chi connectivity index (χ0) is 13.9. The molecule has 98 valence electrons. The second kappa shape index (κ2) is 5.72. The molecule has 0 saturated carbocycles. The molecule has 0 aromatic heterocycles. The Morgan fingerprint density at radius 3 is 2.28 bits per heavy atom. The number of amides is 3. The predicted molar refractivity (Wildman–Crippen MR) is 58.8 cm³/mol. The van der Waals surface area contributed by atoms with Gasteiger partial charge < -0.3 is 5.32 Å². The lowest BCUT2D eigenvalue weighted by atomic mass is 10.3. The summed E-state index contributed by atoms with van der Waals surface area (Å²) in [7, 11) is 0. The van der Waals surface area contributed by atoms with Crippen molar-refractivity contribution in [2.75, 3.05) is 5.32 Å². The molecule has 3 amide bonds. The van der Waals surface area contributed by atoms with E-state index in [0.717, 1.165) is 0 Å². The summed E-state index contributed by atoms with van der Waals surface area (Å²) in [6, 6.07) is -0.368. The van der Waals surface area contributed by atoms with Crippen molar-refractivity contribution in [1.82, 2.24) is 5.32 Å². The Morgan fingerprint density at radius 2 is 1.72 bits per heavy atom. The first-order chi connectivity index (χ1) is 8.31. The van der Waals surface area contributed by atoms with Gasteiger partial charge in [0.15, 0.2) is 11.6 Å². The van der Waals surface area contributed by atoms with Gasteiger partial charge in [0.1, 0.15) is 11.2 Å². The molecule has 4 nitrogen and oxygen atoms in total. The average molecular weight is 281 g/mol. The highest BCUT2D eigenvalue weighted by Crippen LogP contribution is 2.18. The molecule has 1 aromatic carbocycles. The van der Waals surface area contributed by atoms with Crippen molar-refractivity contribution in [3.8, 4) is 0 Å². The number of rotatable bonds is 2. The van der Waals surface area contributed by atoms with Gasteiger partial charge in [-0.3, -0.25) is 10.1 Å². The van der Waals surface area contributed by atoms with E-state index in [1.807, 2.05) is 5.32 Å². The quantitative estimate of drug-likeness (QED) is 0.645. The summed E-state index contributed by atoms with van der Waals surface area (Å²) in [5.74, 6) is -4.69. The summed E-state index contributed by atoms with van der Waals surface area (Å²) in [6.07, 6.45) is 0. The van der Waals surface area contributed by atoms with E-state index in [0.29, 0.717) is 6.07 Å². The van der Waals surface area contributed by atoms with E-state index in [4.69, 9.17) is 11.6 Å². The van der Waals surface area contributed by atoms with Crippen LogP contribution in [-0.2, 0) is 4.79 Å². The van der Waals surface area contributed by atoms with Crippen LogP contribution in [0.5, 0.6) is 0 Å². The molecule has 1 atom stereocenters. The molecule has 1 aromatic rings. The number of urea groups is 1. The summed E-state index contributed by atoms with van der Waals surface area (Å²) in [5, 5.41) is 2.67. The number of hydrogen-bond acceptors (Lipinski definition) is 2. The maximum Gasteiger partial charge on any atom is 0.326 e. The highest BCUT2D eigenvalue weighted by Gasteiger charge is 2.16. The standard InChI is InChI=1S/C10H8ClF3N2O2/c1-4(11)9(17)16-10(18)15-8-3-6(13)5(12)2-7(8)14/h2-4H,1H3,(H2,15,16,17,18). The monoisotopic (exact) mass is 280 g/mol. The third kappa shape index (κ3) is 3.63. The molecule has 0 fully saturated rings. The van der Waals surface area contributed by atoms with Crippen LogP contribution in [0.15, 0.2) is 12.1 Å². The Labute approximate surface area is 105 Å². The van der Waals surface area contributed by atoms with Gasteiger partial charge >= 0.3 is 6.03 Å². The molecular formula is C10H8ClF3N2O2. The fraction of sp³-hybridized carbons (Fsp3) is 0.200. The van der Waals surface area contributed by atoms with Crippen molar-refractivity contribution < 1.29 is 22.8 Å². The molecule has 0 heterocycles. The molecule has 0 bridgehead atoms. The zero-order valence-electron chi connectivity index (χ0n) is 9.06. The summed E-state index contributed by atoms with van der Waals surface area (Å²) >= 11 is 5.38. The fourth-order valence-corrected chi connectivity index (χ4v) is 1.04. The number of benzene rings is 1. The van der Waals surface area contributed by atoms with Gasteiger partial charge in [0, 0.05) is 12.1 Å². The van der Waals surface area contributed by atoms with Crippen LogP contribution < -0.4 is 10.6 Å². The lowest BCUT2D eigenvalue weighted by Crippen LogP contribution is -2.38. The van der Waals surface area contributed by atoms with Crippen LogP contribution in [0, 0.1) is 17.5 Å². The molecule has 1 unspecified atom stereocenters. The second-order valence-electron chi connectivity index (χ2n) is 3.31. The largest absolute Gasteiger partial charge is 0.326 e. The molecule has 0 aliphatic rings. The topological polar surface area (TPSA) is 58.2 Å². The van der Waals surface area contributed by atoms with Crippen LogP contribution >= 0.6 is 11.6 Å². The van der Waals surface area contributed by atoms with Gasteiger partial charge in [-0.25, -0.2) is 18.0 Å². The van der Waals surface area contributed by atoms with Gasteiger partial charge in [-0.15, -0.1) is 11.6 Å². The minimum absolute atomic E-state index is 0.275. The lowest BCUT2D eigenvalue weighted by molar-refractivity contribution is -0.119. The van der Waals surface area contributed by atoms with Gasteiger partial charge in [0.25, 0.3) is 0 Å². The highest BCUT2D eigenvalue weighted by molar-refractivity contribution is 6.31. The molecule has 0 saturated heterocycles. The number of nitrogens with one attached hydrogen (secondary N) is 2. The van der Waals surface area contributed by atoms with E-state index in [1.54, 1.807) is 5.32 Å². The molecule has 1 rings (SSSR count). The van der Waals surface area contributed by atoms with E-state index in [2.05, 4.69) is 0 Å². The van der Waals surface area contributed by atoms with E-state index >= 15 is 0 Å². The van der Waals surface area contributed by atoms with E-state index in [9.17, 15) is 22.8 Å². The normalized spacial score (nSPS) is 11.8. The first-order valence-corrected chi connectivity index (χ1v) is 5.15. The number of carbonyl (C=O) groups excluding carboxylic acids is 2. The molecule has 0 spiro atoms. The third-order valence-corrected chi connectivity index (χ3v) is 2.05. The number of halogens is 4. The van der Waals surface area contributed by atoms with Crippen molar-refractivity contribution in [2.45, 2.75) is 12.3 Å². The Morgan fingerprint density at radius 1 is 1.17 bits per heavy atom.